The monoisotopic (exact) mass is 216 g/mol. The lowest BCUT2D eigenvalue weighted by atomic mass is 10.0. The highest BCUT2D eigenvalue weighted by atomic mass is 14.0. The molecule has 0 aliphatic heterocycles. The molecule has 0 amide bonds. The molecule has 0 aliphatic carbocycles. The van der Waals surface area contributed by atoms with Crippen molar-refractivity contribution in [2.24, 2.45) is 0 Å². The van der Waals surface area contributed by atoms with Crippen LogP contribution in [0.3, 0.4) is 0 Å². The summed E-state index contributed by atoms with van der Waals surface area (Å²) in [5, 5.41) is 0. The summed E-state index contributed by atoms with van der Waals surface area (Å²) in [7, 11) is 0. The lowest BCUT2D eigenvalue weighted by Crippen LogP contribution is -1.84. The van der Waals surface area contributed by atoms with Gasteiger partial charge in [-0.1, -0.05) is 76.9 Å². The number of aryl methyl sites for hydroxylation is 1. The molecule has 0 aliphatic rings. The average molecular weight is 216 g/mol. The third-order valence-corrected chi connectivity index (χ3v) is 1.97. The van der Waals surface area contributed by atoms with Gasteiger partial charge < -0.3 is 0 Å². The largest absolute Gasteiger partial charge is 0.0990 e. The van der Waals surface area contributed by atoms with Crippen LogP contribution in [0, 0.1) is 6.92 Å². The Labute approximate surface area is 101 Å². The van der Waals surface area contributed by atoms with E-state index in [-0.39, 0.29) is 7.43 Å². The van der Waals surface area contributed by atoms with Crippen LogP contribution in [0.25, 0.3) is 5.57 Å². The van der Waals surface area contributed by atoms with E-state index in [4.69, 9.17) is 0 Å². The number of rotatable bonds is 3. The van der Waals surface area contributed by atoms with Crippen LogP contribution in [-0.2, 0) is 0 Å². The van der Waals surface area contributed by atoms with E-state index in [2.05, 4.69) is 32.2 Å². The third-order valence-electron chi connectivity index (χ3n) is 1.97. The van der Waals surface area contributed by atoms with Gasteiger partial charge in [0.1, 0.15) is 0 Å². The second kappa shape index (κ2) is 9.97. The Morgan fingerprint density at radius 2 is 1.69 bits per heavy atom. The van der Waals surface area contributed by atoms with Crippen LogP contribution in [0.2, 0.25) is 0 Å². The molecule has 0 saturated heterocycles. The molecule has 0 bridgehead atoms. The van der Waals surface area contributed by atoms with Crippen molar-refractivity contribution in [2.45, 2.75) is 28.2 Å². The fourth-order valence-corrected chi connectivity index (χ4v) is 1.29. The summed E-state index contributed by atoms with van der Waals surface area (Å²) in [5.41, 5.74) is 3.60. The summed E-state index contributed by atoms with van der Waals surface area (Å²) in [6.45, 7) is 13.6. The first-order valence-corrected chi connectivity index (χ1v) is 5.30. The Hall–Kier alpha value is -1.56. The molecule has 0 spiro atoms. The SMILES string of the molecule is C.C=C/C=C(\C=C)c1ccccc1C.CC. The molecular formula is C16H24. The number of allylic oxidation sites excluding steroid dienone is 4. The summed E-state index contributed by atoms with van der Waals surface area (Å²) < 4.78 is 0. The highest BCUT2D eigenvalue weighted by Gasteiger charge is 1.98. The average Bonchev–Trinajstić information content (AvgIpc) is 2.30. The molecule has 0 aromatic heterocycles. The van der Waals surface area contributed by atoms with Crippen molar-refractivity contribution in [2.75, 3.05) is 0 Å². The molecular weight excluding hydrogens is 192 g/mol. The van der Waals surface area contributed by atoms with E-state index in [0.717, 1.165) is 5.57 Å². The Morgan fingerprint density at radius 3 is 2.12 bits per heavy atom. The van der Waals surface area contributed by atoms with Crippen LogP contribution < -0.4 is 0 Å². The van der Waals surface area contributed by atoms with Gasteiger partial charge in [0.25, 0.3) is 0 Å². The van der Waals surface area contributed by atoms with Gasteiger partial charge in [0.2, 0.25) is 0 Å². The molecule has 88 valence electrons. The molecule has 0 radical (unpaired) electrons. The summed E-state index contributed by atoms with van der Waals surface area (Å²) in [5.74, 6) is 0. The zero-order valence-electron chi connectivity index (χ0n) is 9.96. The van der Waals surface area contributed by atoms with Crippen LogP contribution in [-0.4, -0.2) is 0 Å². The molecule has 0 atom stereocenters. The molecule has 0 saturated carbocycles. The van der Waals surface area contributed by atoms with E-state index in [1.54, 1.807) is 6.08 Å². The van der Waals surface area contributed by atoms with Gasteiger partial charge in [-0.05, 0) is 23.6 Å². The van der Waals surface area contributed by atoms with Gasteiger partial charge in [-0.2, -0.15) is 0 Å². The lowest BCUT2D eigenvalue weighted by Gasteiger charge is -2.04. The van der Waals surface area contributed by atoms with E-state index in [9.17, 15) is 0 Å². The molecule has 0 nitrogen and oxygen atoms in total. The molecule has 1 aromatic carbocycles. The molecule has 1 rings (SSSR count). The predicted molar refractivity (Wildman–Crippen MR) is 77.6 cm³/mol. The maximum Gasteiger partial charge on any atom is -0.0155 e. The molecule has 1 aromatic rings. The molecule has 16 heavy (non-hydrogen) atoms. The quantitative estimate of drug-likeness (QED) is 0.592. The standard InChI is InChI=1S/C13H14.C2H6.CH4/c1-4-8-12(5-2)13-10-7-6-9-11(13)3;1-2;/h4-10H,1-2H2,3H3;1-2H3;1H4/b12-8+;;. The maximum atomic E-state index is 3.78. The van der Waals surface area contributed by atoms with Gasteiger partial charge in [-0.3, -0.25) is 0 Å². The van der Waals surface area contributed by atoms with Crippen molar-refractivity contribution >= 4 is 5.57 Å². The van der Waals surface area contributed by atoms with Crippen molar-refractivity contribution < 1.29 is 0 Å². The van der Waals surface area contributed by atoms with Crippen molar-refractivity contribution in [1.82, 2.24) is 0 Å². The van der Waals surface area contributed by atoms with E-state index >= 15 is 0 Å². The van der Waals surface area contributed by atoms with Crippen LogP contribution in [0.1, 0.15) is 32.4 Å². The van der Waals surface area contributed by atoms with E-state index in [1.807, 2.05) is 38.1 Å². The van der Waals surface area contributed by atoms with E-state index < -0.39 is 0 Å². The molecule has 0 heterocycles. The second-order valence-electron chi connectivity index (χ2n) is 2.88. The Balaban J connectivity index is 0. The van der Waals surface area contributed by atoms with Crippen molar-refractivity contribution in [1.29, 1.82) is 0 Å². The number of benzene rings is 1. The van der Waals surface area contributed by atoms with E-state index in [0.29, 0.717) is 0 Å². The molecule has 0 N–H and O–H groups in total. The van der Waals surface area contributed by atoms with Gasteiger partial charge in [-0.25, -0.2) is 0 Å². The van der Waals surface area contributed by atoms with Crippen molar-refractivity contribution in [3.05, 3.63) is 66.8 Å². The Bertz CT molecular complexity index is 343. The van der Waals surface area contributed by atoms with Gasteiger partial charge in [-0.15, -0.1) is 0 Å². The summed E-state index contributed by atoms with van der Waals surface area (Å²) in [6, 6.07) is 8.25. The van der Waals surface area contributed by atoms with E-state index in [1.165, 1.54) is 11.1 Å². The first-order chi connectivity index (χ1) is 7.29. The van der Waals surface area contributed by atoms with Crippen molar-refractivity contribution in [3.63, 3.8) is 0 Å². The normalized spacial score (nSPS) is 9.31. The van der Waals surface area contributed by atoms with Crippen LogP contribution in [0.4, 0.5) is 0 Å². The highest BCUT2D eigenvalue weighted by molar-refractivity contribution is 5.76. The maximum absolute atomic E-state index is 3.78. The second-order valence-corrected chi connectivity index (χ2v) is 2.88. The van der Waals surface area contributed by atoms with Crippen molar-refractivity contribution in [3.8, 4) is 0 Å². The first-order valence-electron chi connectivity index (χ1n) is 5.30. The first kappa shape index (κ1) is 16.9. The Morgan fingerprint density at radius 1 is 1.12 bits per heavy atom. The molecule has 0 fully saturated rings. The zero-order valence-corrected chi connectivity index (χ0v) is 9.96. The minimum absolute atomic E-state index is 0. The lowest BCUT2D eigenvalue weighted by molar-refractivity contribution is 1.43. The summed E-state index contributed by atoms with van der Waals surface area (Å²) in [6.07, 6.45) is 5.60. The third kappa shape index (κ3) is 4.79. The molecule has 0 unspecified atom stereocenters. The number of hydrogen-bond acceptors (Lipinski definition) is 0. The van der Waals surface area contributed by atoms with Crippen LogP contribution >= 0.6 is 0 Å². The minimum Gasteiger partial charge on any atom is -0.0990 e. The van der Waals surface area contributed by atoms with Gasteiger partial charge in [0.05, 0.1) is 0 Å². The summed E-state index contributed by atoms with van der Waals surface area (Å²) in [4.78, 5) is 0. The zero-order chi connectivity index (χ0) is 11.7. The van der Waals surface area contributed by atoms with Crippen LogP contribution in [0.15, 0.2) is 55.7 Å². The smallest absolute Gasteiger partial charge is 0.0155 e. The van der Waals surface area contributed by atoms with Crippen LogP contribution in [0.5, 0.6) is 0 Å². The fourth-order valence-electron chi connectivity index (χ4n) is 1.29. The highest BCUT2D eigenvalue weighted by Crippen LogP contribution is 2.19. The summed E-state index contributed by atoms with van der Waals surface area (Å²) >= 11 is 0. The topological polar surface area (TPSA) is 0 Å². The van der Waals surface area contributed by atoms with Gasteiger partial charge in [0, 0.05) is 0 Å². The van der Waals surface area contributed by atoms with Gasteiger partial charge >= 0.3 is 0 Å². The molecule has 0 heteroatoms. The fraction of sp³-hybridized carbons (Fsp3) is 0.250. The number of hydrogen-bond donors (Lipinski definition) is 0. The van der Waals surface area contributed by atoms with Gasteiger partial charge in [0.15, 0.2) is 0 Å². The Kier molecular flexibility index (Phi) is 10.5. The predicted octanol–water partition coefficient (Wildman–Crippen LogP) is 5.41. The minimum atomic E-state index is 0.